The number of hydrogen-bond donors (Lipinski definition) is 1. The molecule has 0 spiro atoms. The summed E-state index contributed by atoms with van der Waals surface area (Å²) in [6.45, 7) is 7.13. The highest BCUT2D eigenvalue weighted by Gasteiger charge is 2.34. The van der Waals surface area contributed by atoms with E-state index in [-0.39, 0.29) is 36.1 Å². The van der Waals surface area contributed by atoms with Gasteiger partial charge in [-0.05, 0) is 31.0 Å². The molecule has 0 bridgehead atoms. The molecule has 2 saturated heterocycles. The van der Waals surface area contributed by atoms with Gasteiger partial charge >= 0.3 is 6.18 Å². The van der Waals surface area contributed by atoms with Crippen LogP contribution in [0, 0.1) is 5.92 Å². The van der Waals surface area contributed by atoms with E-state index in [0.717, 1.165) is 19.5 Å². The van der Waals surface area contributed by atoms with E-state index in [9.17, 15) is 13.2 Å². The Kier molecular flexibility index (Phi) is 10.1. The van der Waals surface area contributed by atoms with Gasteiger partial charge in [-0.3, -0.25) is 0 Å². The molecule has 2 fully saturated rings. The molecule has 6 nitrogen and oxygen atoms in total. The van der Waals surface area contributed by atoms with Crippen LogP contribution >= 0.6 is 24.0 Å². The van der Waals surface area contributed by atoms with E-state index in [4.69, 9.17) is 9.47 Å². The van der Waals surface area contributed by atoms with Crippen LogP contribution in [0.5, 0.6) is 0 Å². The summed E-state index contributed by atoms with van der Waals surface area (Å²) in [4.78, 5) is 8.56. The quantitative estimate of drug-likeness (QED) is 0.330. The minimum absolute atomic E-state index is 0. The number of halogens is 4. The van der Waals surface area contributed by atoms with Crippen LogP contribution in [0.1, 0.15) is 24.5 Å². The number of rotatable bonds is 6. The average molecular weight is 556 g/mol. The van der Waals surface area contributed by atoms with Gasteiger partial charge in [0.25, 0.3) is 0 Å². The Morgan fingerprint density at radius 1 is 1.26 bits per heavy atom. The Hall–Kier alpha value is -1.27. The van der Waals surface area contributed by atoms with Crippen molar-refractivity contribution in [2.45, 2.75) is 26.1 Å². The summed E-state index contributed by atoms with van der Waals surface area (Å²) in [5.74, 6) is 1.07. The molecule has 0 amide bonds. The fourth-order valence-corrected chi connectivity index (χ4v) is 3.97. The number of guanidine groups is 1. The number of anilines is 1. The molecule has 176 valence electrons. The third-order valence-electron chi connectivity index (χ3n) is 5.50. The molecule has 1 unspecified atom stereocenters. The van der Waals surface area contributed by atoms with Gasteiger partial charge in [0.1, 0.15) is 0 Å². The molecule has 10 heteroatoms. The van der Waals surface area contributed by atoms with Gasteiger partial charge < -0.3 is 24.6 Å². The van der Waals surface area contributed by atoms with Gasteiger partial charge in [0.05, 0.1) is 31.9 Å². The lowest BCUT2D eigenvalue weighted by atomic mass is 10.1. The van der Waals surface area contributed by atoms with Gasteiger partial charge in [0, 0.05) is 51.4 Å². The Bertz CT molecular complexity index is 727. The summed E-state index contributed by atoms with van der Waals surface area (Å²) in [6.07, 6.45) is -3.44. The number of methoxy groups -OCH3 is 1. The van der Waals surface area contributed by atoms with E-state index in [1.165, 1.54) is 6.07 Å². The second-order valence-corrected chi connectivity index (χ2v) is 7.66. The van der Waals surface area contributed by atoms with Crippen molar-refractivity contribution in [3.63, 3.8) is 0 Å². The van der Waals surface area contributed by atoms with E-state index in [1.807, 2.05) is 11.8 Å². The molecule has 2 aliphatic heterocycles. The van der Waals surface area contributed by atoms with E-state index in [0.29, 0.717) is 57.0 Å². The Morgan fingerprint density at radius 3 is 2.65 bits per heavy atom. The van der Waals surface area contributed by atoms with Crippen LogP contribution in [-0.4, -0.2) is 70.5 Å². The maximum Gasteiger partial charge on any atom is 0.416 e. The second-order valence-electron chi connectivity index (χ2n) is 7.66. The molecule has 0 aromatic heterocycles. The topological polar surface area (TPSA) is 49.3 Å². The van der Waals surface area contributed by atoms with Gasteiger partial charge in [-0.25, -0.2) is 4.99 Å². The molecule has 1 N–H and O–H groups in total. The number of benzene rings is 1. The van der Waals surface area contributed by atoms with Gasteiger partial charge in [0.15, 0.2) is 5.96 Å². The highest BCUT2D eigenvalue weighted by molar-refractivity contribution is 14.0. The summed E-state index contributed by atoms with van der Waals surface area (Å²) < 4.78 is 51.9. The number of ether oxygens (including phenoxy) is 2. The summed E-state index contributed by atoms with van der Waals surface area (Å²) in [6, 6.07) is 4.55. The number of morpholine rings is 1. The maximum atomic E-state index is 13.8. The molecule has 1 aromatic rings. The van der Waals surface area contributed by atoms with E-state index < -0.39 is 11.7 Å². The molecule has 1 atom stereocenters. The third-order valence-corrected chi connectivity index (χ3v) is 5.50. The monoisotopic (exact) mass is 556 g/mol. The van der Waals surface area contributed by atoms with Crippen molar-refractivity contribution in [3.05, 3.63) is 29.3 Å². The molecule has 0 saturated carbocycles. The standard InChI is InChI=1S/C21H31F3N4O2.HI/c1-3-25-20(28-7-6-16(14-28)15-29-2)26-13-17-4-5-18(12-19(17)21(22,23)24)27-8-10-30-11-9-27;/h4-5,12,16H,3,6-11,13-15H2,1-2H3,(H,25,26);1H. The lowest BCUT2D eigenvalue weighted by molar-refractivity contribution is -0.138. The molecule has 2 aliphatic rings. The predicted molar refractivity (Wildman–Crippen MR) is 126 cm³/mol. The SMILES string of the molecule is CCNC(=NCc1ccc(N2CCOCC2)cc1C(F)(F)F)N1CCC(COC)C1.I. The maximum absolute atomic E-state index is 13.8. The fraction of sp³-hybridized carbons (Fsp3) is 0.667. The first-order valence-electron chi connectivity index (χ1n) is 10.5. The first kappa shape index (κ1) is 26.0. The number of aliphatic imine (C=N–C) groups is 1. The number of nitrogens with zero attached hydrogens (tertiary/aromatic N) is 3. The molecule has 0 aliphatic carbocycles. The molecular formula is C21H32F3IN4O2. The molecule has 2 heterocycles. The van der Waals surface area contributed by atoms with Gasteiger partial charge in [-0.2, -0.15) is 13.2 Å². The first-order valence-corrected chi connectivity index (χ1v) is 10.5. The lowest BCUT2D eigenvalue weighted by Gasteiger charge is -2.29. The van der Waals surface area contributed by atoms with Gasteiger partial charge in [-0.15, -0.1) is 24.0 Å². The zero-order chi connectivity index (χ0) is 21.6. The summed E-state index contributed by atoms with van der Waals surface area (Å²) >= 11 is 0. The zero-order valence-electron chi connectivity index (χ0n) is 18.1. The first-order chi connectivity index (χ1) is 14.4. The fourth-order valence-electron chi connectivity index (χ4n) is 3.97. The zero-order valence-corrected chi connectivity index (χ0v) is 20.4. The Labute approximate surface area is 199 Å². The van der Waals surface area contributed by atoms with Crippen molar-refractivity contribution in [1.29, 1.82) is 0 Å². The van der Waals surface area contributed by atoms with Crippen molar-refractivity contribution in [2.24, 2.45) is 10.9 Å². The Morgan fingerprint density at radius 2 is 2.00 bits per heavy atom. The largest absolute Gasteiger partial charge is 0.416 e. The van der Waals surface area contributed by atoms with Crippen LogP contribution in [0.2, 0.25) is 0 Å². The molecule has 0 radical (unpaired) electrons. The van der Waals surface area contributed by atoms with E-state index in [2.05, 4.69) is 15.2 Å². The Balaban J connectivity index is 0.00000341. The number of nitrogens with one attached hydrogen (secondary N) is 1. The van der Waals surface area contributed by atoms with Crippen molar-refractivity contribution < 1.29 is 22.6 Å². The van der Waals surface area contributed by atoms with Crippen molar-refractivity contribution in [1.82, 2.24) is 10.2 Å². The average Bonchev–Trinajstić information content (AvgIpc) is 3.20. The highest BCUT2D eigenvalue weighted by atomic mass is 127. The third kappa shape index (κ3) is 7.11. The normalized spacial score (nSPS) is 20.0. The molecule has 1 aromatic carbocycles. The van der Waals surface area contributed by atoms with Crippen molar-refractivity contribution >= 4 is 35.6 Å². The van der Waals surface area contributed by atoms with E-state index in [1.54, 1.807) is 19.2 Å². The van der Waals surface area contributed by atoms with Crippen LogP contribution in [0.3, 0.4) is 0 Å². The summed E-state index contributed by atoms with van der Waals surface area (Å²) in [5.41, 5.74) is 0.138. The number of alkyl halides is 3. The van der Waals surface area contributed by atoms with Gasteiger partial charge in [0.2, 0.25) is 0 Å². The van der Waals surface area contributed by atoms with Crippen molar-refractivity contribution in [3.8, 4) is 0 Å². The van der Waals surface area contributed by atoms with Crippen LogP contribution in [0.25, 0.3) is 0 Å². The minimum Gasteiger partial charge on any atom is -0.384 e. The molecule has 3 rings (SSSR count). The summed E-state index contributed by atoms with van der Waals surface area (Å²) in [7, 11) is 1.68. The van der Waals surface area contributed by atoms with Crippen LogP contribution in [0.4, 0.5) is 18.9 Å². The van der Waals surface area contributed by atoms with Crippen molar-refractivity contribution in [2.75, 3.05) is 64.6 Å². The van der Waals surface area contributed by atoms with Crippen LogP contribution < -0.4 is 10.2 Å². The van der Waals surface area contributed by atoms with E-state index >= 15 is 0 Å². The van der Waals surface area contributed by atoms with Gasteiger partial charge in [-0.1, -0.05) is 6.07 Å². The molecule has 31 heavy (non-hydrogen) atoms. The lowest BCUT2D eigenvalue weighted by Crippen LogP contribution is -2.40. The number of hydrogen-bond acceptors (Lipinski definition) is 4. The second kappa shape index (κ2) is 12.1. The van der Waals surface area contributed by atoms with Crippen LogP contribution in [0.15, 0.2) is 23.2 Å². The summed E-state index contributed by atoms with van der Waals surface area (Å²) in [5, 5.41) is 3.21. The highest BCUT2D eigenvalue weighted by Crippen LogP contribution is 2.35. The molecular weight excluding hydrogens is 524 g/mol. The smallest absolute Gasteiger partial charge is 0.384 e. The predicted octanol–water partition coefficient (Wildman–Crippen LogP) is 3.59. The van der Waals surface area contributed by atoms with Crippen LogP contribution in [-0.2, 0) is 22.2 Å². The number of likely N-dealkylation sites (tertiary alicyclic amines) is 1. The minimum atomic E-state index is -4.43.